The van der Waals surface area contributed by atoms with E-state index in [4.69, 9.17) is 4.42 Å². The van der Waals surface area contributed by atoms with Gasteiger partial charge in [-0.25, -0.2) is 0 Å². The maximum atomic E-state index is 12.1. The Kier molecular flexibility index (Phi) is 3.03. The van der Waals surface area contributed by atoms with E-state index in [1.54, 1.807) is 18.2 Å². The summed E-state index contributed by atoms with van der Waals surface area (Å²) in [5.41, 5.74) is 2.16. The molecule has 3 aromatic rings. The predicted octanol–water partition coefficient (Wildman–Crippen LogP) is 3.65. The zero-order valence-electron chi connectivity index (χ0n) is 11.0. The Morgan fingerprint density at radius 3 is 2.55 bits per heavy atom. The van der Waals surface area contributed by atoms with E-state index in [1.807, 2.05) is 31.2 Å². The standard InChI is InChI=1S/C17H14O3/c1-11(12-5-2-3-7-14(12)18)13-6-4-8-16-17(13)15(19)9-10-20-16/h2-11,18H,1H3. The fourth-order valence-electron chi connectivity index (χ4n) is 2.54. The van der Waals surface area contributed by atoms with Gasteiger partial charge in [-0.15, -0.1) is 0 Å². The molecule has 3 nitrogen and oxygen atoms in total. The number of aromatic hydroxyl groups is 1. The molecule has 1 atom stereocenters. The summed E-state index contributed by atoms with van der Waals surface area (Å²) in [6.07, 6.45) is 1.40. The predicted molar refractivity (Wildman–Crippen MR) is 78.1 cm³/mol. The Morgan fingerprint density at radius 1 is 1.00 bits per heavy atom. The first-order valence-electron chi connectivity index (χ1n) is 6.47. The molecule has 0 bridgehead atoms. The van der Waals surface area contributed by atoms with Gasteiger partial charge in [0.2, 0.25) is 0 Å². The van der Waals surface area contributed by atoms with Crippen LogP contribution in [0.1, 0.15) is 24.0 Å². The lowest BCUT2D eigenvalue weighted by atomic mass is 9.90. The second kappa shape index (κ2) is 4.85. The summed E-state index contributed by atoms with van der Waals surface area (Å²) in [5.74, 6) is 0.141. The molecule has 0 radical (unpaired) electrons. The van der Waals surface area contributed by atoms with E-state index < -0.39 is 0 Å². The van der Waals surface area contributed by atoms with Gasteiger partial charge in [0.1, 0.15) is 11.3 Å². The molecule has 0 fully saturated rings. The molecule has 3 heteroatoms. The molecule has 0 amide bonds. The molecule has 0 saturated heterocycles. The summed E-state index contributed by atoms with van der Waals surface area (Å²) in [6, 6.07) is 14.1. The molecule has 1 N–H and O–H groups in total. The average molecular weight is 266 g/mol. The number of phenols is 1. The number of fused-ring (bicyclic) bond motifs is 1. The van der Waals surface area contributed by atoms with Gasteiger partial charge in [0.05, 0.1) is 11.6 Å². The molecule has 100 valence electrons. The van der Waals surface area contributed by atoms with Crippen LogP contribution in [0.4, 0.5) is 0 Å². The third-order valence-electron chi connectivity index (χ3n) is 3.59. The minimum absolute atomic E-state index is 0.0656. The van der Waals surface area contributed by atoms with Gasteiger partial charge in [0, 0.05) is 17.5 Å². The highest BCUT2D eigenvalue weighted by Gasteiger charge is 2.16. The van der Waals surface area contributed by atoms with Crippen LogP contribution in [-0.4, -0.2) is 5.11 Å². The molecule has 2 aromatic carbocycles. The van der Waals surface area contributed by atoms with Crippen LogP contribution in [0.25, 0.3) is 11.0 Å². The number of phenolic OH excluding ortho intramolecular Hbond substituents is 1. The van der Waals surface area contributed by atoms with Gasteiger partial charge in [-0.3, -0.25) is 4.79 Å². The monoisotopic (exact) mass is 266 g/mol. The van der Waals surface area contributed by atoms with E-state index in [0.29, 0.717) is 11.0 Å². The van der Waals surface area contributed by atoms with Crippen molar-refractivity contribution in [3.05, 3.63) is 76.1 Å². The van der Waals surface area contributed by atoms with Gasteiger partial charge in [-0.1, -0.05) is 37.3 Å². The van der Waals surface area contributed by atoms with Crippen LogP contribution in [0.2, 0.25) is 0 Å². The summed E-state index contributed by atoms with van der Waals surface area (Å²) in [6.45, 7) is 1.97. The summed E-state index contributed by atoms with van der Waals surface area (Å²) < 4.78 is 5.39. The van der Waals surface area contributed by atoms with Gasteiger partial charge in [-0.05, 0) is 17.7 Å². The van der Waals surface area contributed by atoms with Crippen molar-refractivity contribution >= 4 is 11.0 Å². The topological polar surface area (TPSA) is 50.4 Å². The van der Waals surface area contributed by atoms with Crippen LogP contribution in [0, 0.1) is 0 Å². The molecule has 3 rings (SSSR count). The molecule has 0 aliphatic rings. The van der Waals surface area contributed by atoms with Gasteiger partial charge in [0.25, 0.3) is 0 Å². The third-order valence-corrected chi connectivity index (χ3v) is 3.59. The van der Waals surface area contributed by atoms with Crippen molar-refractivity contribution in [1.82, 2.24) is 0 Å². The molecule has 0 aliphatic heterocycles. The quantitative estimate of drug-likeness (QED) is 0.770. The number of rotatable bonds is 2. The van der Waals surface area contributed by atoms with E-state index in [2.05, 4.69) is 0 Å². The average Bonchev–Trinajstić information content (AvgIpc) is 2.47. The summed E-state index contributed by atoms with van der Waals surface area (Å²) in [7, 11) is 0. The second-order valence-corrected chi connectivity index (χ2v) is 4.79. The first-order valence-corrected chi connectivity index (χ1v) is 6.47. The molecule has 0 aliphatic carbocycles. The summed E-state index contributed by atoms with van der Waals surface area (Å²) in [5, 5.41) is 10.6. The Morgan fingerprint density at radius 2 is 1.75 bits per heavy atom. The molecule has 0 saturated carbocycles. The Labute approximate surface area is 116 Å². The molecule has 0 spiro atoms. The molecule has 20 heavy (non-hydrogen) atoms. The number of hydrogen-bond donors (Lipinski definition) is 1. The zero-order chi connectivity index (χ0) is 14.1. The normalized spacial score (nSPS) is 12.4. The van der Waals surface area contributed by atoms with Crippen LogP contribution in [0.5, 0.6) is 5.75 Å². The number of para-hydroxylation sites is 1. The van der Waals surface area contributed by atoms with Crippen LogP contribution in [0.15, 0.2) is 64.0 Å². The van der Waals surface area contributed by atoms with E-state index in [-0.39, 0.29) is 17.1 Å². The SMILES string of the molecule is CC(c1ccccc1O)c1cccc2occc(=O)c12. The lowest BCUT2D eigenvalue weighted by molar-refractivity contribution is 0.466. The van der Waals surface area contributed by atoms with E-state index >= 15 is 0 Å². The molecule has 1 unspecified atom stereocenters. The van der Waals surface area contributed by atoms with Gasteiger partial charge >= 0.3 is 0 Å². The largest absolute Gasteiger partial charge is 0.508 e. The molecular formula is C17H14O3. The lowest BCUT2D eigenvalue weighted by Crippen LogP contribution is -2.05. The van der Waals surface area contributed by atoms with E-state index in [9.17, 15) is 9.90 Å². The first kappa shape index (κ1) is 12.5. The maximum Gasteiger partial charge on any atom is 0.192 e. The molecule has 1 aromatic heterocycles. The Bertz CT molecular complexity index is 812. The van der Waals surface area contributed by atoms with Crippen LogP contribution in [0.3, 0.4) is 0 Å². The number of benzene rings is 2. The Balaban J connectivity index is 2.25. The minimum atomic E-state index is -0.0924. The summed E-state index contributed by atoms with van der Waals surface area (Å²) in [4.78, 5) is 12.1. The highest BCUT2D eigenvalue weighted by Crippen LogP contribution is 2.33. The molecule has 1 heterocycles. The van der Waals surface area contributed by atoms with Crippen molar-refractivity contribution in [1.29, 1.82) is 0 Å². The van der Waals surface area contributed by atoms with Crippen LogP contribution in [-0.2, 0) is 0 Å². The van der Waals surface area contributed by atoms with Crippen LogP contribution >= 0.6 is 0 Å². The van der Waals surface area contributed by atoms with Crippen molar-refractivity contribution in [2.24, 2.45) is 0 Å². The van der Waals surface area contributed by atoms with Gasteiger partial charge in [-0.2, -0.15) is 0 Å². The Hall–Kier alpha value is -2.55. The zero-order valence-corrected chi connectivity index (χ0v) is 11.0. The van der Waals surface area contributed by atoms with Crippen LogP contribution < -0.4 is 5.43 Å². The van der Waals surface area contributed by atoms with Gasteiger partial charge in [0.15, 0.2) is 5.43 Å². The fraction of sp³-hybridized carbons (Fsp3) is 0.118. The van der Waals surface area contributed by atoms with Gasteiger partial charge < -0.3 is 9.52 Å². The summed E-state index contributed by atoms with van der Waals surface area (Å²) >= 11 is 0. The highest BCUT2D eigenvalue weighted by atomic mass is 16.3. The fourth-order valence-corrected chi connectivity index (χ4v) is 2.54. The van der Waals surface area contributed by atoms with Crippen molar-refractivity contribution < 1.29 is 9.52 Å². The minimum Gasteiger partial charge on any atom is -0.508 e. The third kappa shape index (κ3) is 1.97. The molecular weight excluding hydrogens is 252 g/mol. The highest BCUT2D eigenvalue weighted by molar-refractivity contribution is 5.81. The van der Waals surface area contributed by atoms with Crippen molar-refractivity contribution in [3.63, 3.8) is 0 Å². The first-order chi connectivity index (χ1) is 9.68. The van der Waals surface area contributed by atoms with Crippen molar-refractivity contribution in [2.75, 3.05) is 0 Å². The smallest absolute Gasteiger partial charge is 0.192 e. The second-order valence-electron chi connectivity index (χ2n) is 4.79. The van der Waals surface area contributed by atoms with Crippen molar-refractivity contribution in [3.8, 4) is 5.75 Å². The van der Waals surface area contributed by atoms with E-state index in [0.717, 1.165) is 11.1 Å². The van der Waals surface area contributed by atoms with Crippen molar-refractivity contribution in [2.45, 2.75) is 12.8 Å². The maximum absolute atomic E-state index is 12.1. The van der Waals surface area contributed by atoms with E-state index in [1.165, 1.54) is 12.3 Å². The number of hydrogen-bond acceptors (Lipinski definition) is 3. The lowest BCUT2D eigenvalue weighted by Gasteiger charge is -2.15.